The van der Waals surface area contributed by atoms with E-state index in [1.165, 1.54) is 43.3 Å². The third-order valence-corrected chi connectivity index (χ3v) is 5.88. The summed E-state index contributed by atoms with van der Waals surface area (Å²) in [5, 5.41) is 12.2. The summed E-state index contributed by atoms with van der Waals surface area (Å²) in [6.07, 6.45) is 0. The highest BCUT2D eigenvalue weighted by Gasteiger charge is 2.21. The minimum Gasteiger partial charge on any atom is -0.478 e. The number of anilines is 3. The van der Waals surface area contributed by atoms with Gasteiger partial charge < -0.3 is 20.2 Å². The molecule has 1 amide bonds. The van der Waals surface area contributed by atoms with E-state index in [9.17, 15) is 23.9 Å². The van der Waals surface area contributed by atoms with E-state index in [0.29, 0.717) is 18.7 Å². The van der Waals surface area contributed by atoms with Crippen LogP contribution in [0.15, 0.2) is 66.7 Å². The summed E-state index contributed by atoms with van der Waals surface area (Å²) in [4.78, 5) is 40.1. The zero-order valence-electron chi connectivity index (χ0n) is 18.6. The van der Waals surface area contributed by atoms with Gasteiger partial charge in [-0.1, -0.05) is 12.1 Å². The van der Waals surface area contributed by atoms with Crippen molar-refractivity contribution in [3.8, 4) is 0 Å². The van der Waals surface area contributed by atoms with Crippen LogP contribution in [0.25, 0.3) is 0 Å². The fourth-order valence-electron chi connectivity index (χ4n) is 3.98. The number of ketones is 1. The van der Waals surface area contributed by atoms with Gasteiger partial charge in [-0.2, -0.15) is 0 Å². The van der Waals surface area contributed by atoms with Crippen molar-refractivity contribution in [3.63, 3.8) is 0 Å². The van der Waals surface area contributed by atoms with Crippen LogP contribution in [0.2, 0.25) is 0 Å². The predicted octanol–water partition coefficient (Wildman–Crippen LogP) is 4.31. The first-order valence-electron chi connectivity index (χ1n) is 10.9. The maximum absolute atomic E-state index is 13.9. The Hall–Kier alpha value is -4.20. The van der Waals surface area contributed by atoms with Crippen LogP contribution in [0.4, 0.5) is 21.5 Å². The normalized spacial score (nSPS) is 13.5. The molecule has 8 heteroatoms. The number of benzene rings is 3. The molecule has 0 aliphatic carbocycles. The standard InChI is InChI=1S/C26H24FN3O4/c1-17(31)18-6-8-19(9-7-18)29-12-14-30(15-13-29)20-10-11-24(22(16-20)26(33)34)28-25(32)21-4-2-3-5-23(21)27/h2-11,16H,12-15H2,1H3,(H,28,32)(H,33,34). The van der Waals surface area contributed by atoms with Crippen molar-refractivity contribution in [1.29, 1.82) is 0 Å². The van der Waals surface area contributed by atoms with Crippen molar-refractivity contribution in [3.05, 3.63) is 89.2 Å². The molecule has 7 nitrogen and oxygen atoms in total. The SMILES string of the molecule is CC(=O)c1ccc(N2CCN(c3ccc(NC(=O)c4ccccc4F)c(C(=O)O)c3)CC2)cc1. The number of rotatable bonds is 6. The molecule has 3 aromatic rings. The summed E-state index contributed by atoms with van der Waals surface area (Å²) in [7, 11) is 0. The van der Waals surface area contributed by atoms with Crippen LogP contribution in [0.3, 0.4) is 0 Å². The van der Waals surface area contributed by atoms with Gasteiger partial charge in [0.2, 0.25) is 0 Å². The number of carbonyl (C=O) groups excluding carboxylic acids is 2. The third-order valence-electron chi connectivity index (χ3n) is 5.88. The molecule has 1 heterocycles. The Morgan fingerprint density at radius 3 is 2.00 bits per heavy atom. The second-order valence-electron chi connectivity index (χ2n) is 8.05. The number of carboxylic acids is 1. The van der Waals surface area contributed by atoms with Gasteiger partial charge in [0, 0.05) is 43.1 Å². The molecule has 0 saturated carbocycles. The van der Waals surface area contributed by atoms with Gasteiger partial charge in [0.1, 0.15) is 5.82 Å². The number of hydrogen-bond donors (Lipinski definition) is 2. The number of nitrogens with zero attached hydrogens (tertiary/aromatic N) is 2. The predicted molar refractivity (Wildman–Crippen MR) is 129 cm³/mol. The number of aromatic carboxylic acids is 1. The Kier molecular flexibility index (Phi) is 6.58. The van der Waals surface area contributed by atoms with Crippen molar-refractivity contribution in [1.82, 2.24) is 0 Å². The van der Waals surface area contributed by atoms with Gasteiger partial charge in [-0.3, -0.25) is 9.59 Å². The molecule has 0 bridgehead atoms. The quantitative estimate of drug-likeness (QED) is 0.532. The molecule has 34 heavy (non-hydrogen) atoms. The number of halogens is 1. The Balaban J connectivity index is 1.46. The van der Waals surface area contributed by atoms with Crippen molar-refractivity contribution in [2.24, 2.45) is 0 Å². The summed E-state index contributed by atoms with van der Waals surface area (Å²) < 4.78 is 13.9. The monoisotopic (exact) mass is 461 g/mol. The molecule has 0 aromatic heterocycles. The maximum Gasteiger partial charge on any atom is 0.337 e. The molecule has 3 aromatic carbocycles. The molecule has 1 saturated heterocycles. The molecule has 0 spiro atoms. The van der Waals surface area contributed by atoms with Crippen molar-refractivity contribution < 1.29 is 23.9 Å². The second-order valence-corrected chi connectivity index (χ2v) is 8.05. The van der Waals surface area contributed by atoms with E-state index in [1.54, 1.807) is 6.07 Å². The Labute approximate surface area is 196 Å². The summed E-state index contributed by atoms with van der Waals surface area (Å²) in [5.41, 5.74) is 2.31. The minimum atomic E-state index is -1.19. The Morgan fingerprint density at radius 1 is 0.824 bits per heavy atom. The van der Waals surface area contributed by atoms with Crippen LogP contribution in [0.5, 0.6) is 0 Å². The van der Waals surface area contributed by atoms with Gasteiger partial charge in [0.15, 0.2) is 5.78 Å². The van der Waals surface area contributed by atoms with Gasteiger partial charge in [-0.05, 0) is 61.5 Å². The van der Waals surface area contributed by atoms with E-state index >= 15 is 0 Å². The van der Waals surface area contributed by atoms with E-state index in [-0.39, 0.29) is 22.6 Å². The van der Waals surface area contributed by atoms with Gasteiger partial charge in [-0.15, -0.1) is 0 Å². The van der Waals surface area contributed by atoms with Crippen LogP contribution in [0, 0.1) is 5.82 Å². The molecule has 1 aliphatic heterocycles. The van der Waals surface area contributed by atoms with Gasteiger partial charge in [0.05, 0.1) is 16.8 Å². The summed E-state index contributed by atoms with van der Waals surface area (Å²) in [6, 6.07) is 17.8. The second kappa shape index (κ2) is 9.74. The lowest BCUT2D eigenvalue weighted by atomic mass is 10.1. The number of nitrogens with one attached hydrogen (secondary N) is 1. The van der Waals surface area contributed by atoms with Crippen molar-refractivity contribution >= 4 is 34.7 Å². The number of piperazine rings is 1. The van der Waals surface area contributed by atoms with Gasteiger partial charge in [-0.25, -0.2) is 9.18 Å². The fourth-order valence-corrected chi connectivity index (χ4v) is 3.98. The lowest BCUT2D eigenvalue weighted by molar-refractivity contribution is 0.0697. The molecule has 4 rings (SSSR count). The largest absolute Gasteiger partial charge is 0.478 e. The van der Waals surface area contributed by atoms with Crippen LogP contribution in [-0.2, 0) is 0 Å². The van der Waals surface area contributed by atoms with E-state index in [0.717, 1.165) is 24.5 Å². The summed E-state index contributed by atoms with van der Waals surface area (Å²) >= 11 is 0. The first-order chi connectivity index (χ1) is 16.3. The van der Waals surface area contributed by atoms with E-state index < -0.39 is 17.7 Å². The number of hydrogen-bond acceptors (Lipinski definition) is 5. The zero-order valence-corrected chi connectivity index (χ0v) is 18.6. The molecule has 0 radical (unpaired) electrons. The van der Waals surface area contributed by atoms with E-state index in [1.807, 2.05) is 24.3 Å². The highest BCUT2D eigenvalue weighted by atomic mass is 19.1. The maximum atomic E-state index is 13.9. The molecule has 174 valence electrons. The van der Waals surface area contributed by atoms with E-state index in [2.05, 4.69) is 15.1 Å². The van der Waals surface area contributed by atoms with Crippen molar-refractivity contribution in [2.45, 2.75) is 6.92 Å². The van der Waals surface area contributed by atoms with Crippen LogP contribution in [0.1, 0.15) is 38.0 Å². The zero-order chi connectivity index (χ0) is 24.2. The van der Waals surface area contributed by atoms with Gasteiger partial charge in [0.25, 0.3) is 5.91 Å². The molecule has 0 atom stereocenters. The molecule has 0 unspecified atom stereocenters. The Morgan fingerprint density at radius 2 is 1.41 bits per heavy atom. The first kappa shape index (κ1) is 23.0. The third kappa shape index (κ3) is 4.91. The number of Topliss-reactive ketones (excluding diaryl/α,β-unsaturated/α-hetero) is 1. The topological polar surface area (TPSA) is 90.0 Å². The highest BCUT2D eigenvalue weighted by Crippen LogP contribution is 2.26. The summed E-state index contributed by atoms with van der Waals surface area (Å²) in [6.45, 7) is 4.35. The highest BCUT2D eigenvalue weighted by molar-refractivity contribution is 6.08. The van der Waals surface area contributed by atoms with Crippen LogP contribution >= 0.6 is 0 Å². The van der Waals surface area contributed by atoms with Crippen molar-refractivity contribution in [2.75, 3.05) is 41.3 Å². The number of carbonyl (C=O) groups is 3. The minimum absolute atomic E-state index is 0.0270. The molecular weight excluding hydrogens is 437 g/mol. The fraction of sp³-hybridized carbons (Fsp3) is 0.192. The summed E-state index contributed by atoms with van der Waals surface area (Å²) in [5.74, 6) is -2.55. The van der Waals surface area contributed by atoms with Crippen LogP contribution in [-0.4, -0.2) is 48.9 Å². The lowest BCUT2D eigenvalue weighted by Crippen LogP contribution is -2.46. The average Bonchev–Trinajstić information content (AvgIpc) is 2.84. The average molecular weight is 461 g/mol. The molecular formula is C26H24FN3O4. The van der Waals surface area contributed by atoms with Crippen LogP contribution < -0.4 is 15.1 Å². The Bertz CT molecular complexity index is 1240. The number of amides is 1. The number of carboxylic acid groups (broad SMARTS) is 1. The molecule has 1 aliphatic rings. The van der Waals surface area contributed by atoms with Gasteiger partial charge >= 0.3 is 5.97 Å². The molecule has 1 fully saturated rings. The first-order valence-corrected chi connectivity index (χ1v) is 10.9. The van der Waals surface area contributed by atoms with E-state index in [4.69, 9.17) is 0 Å². The smallest absolute Gasteiger partial charge is 0.337 e. The lowest BCUT2D eigenvalue weighted by Gasteiger charge is -2.37. The molecule has 2 N–H and O–H groups in total.